The first-order valence-corrected chi connectivity index (χ1v) is 25.5. The number of amides is 4. The summed E-state index contributed by atoms with van der Waals surface area (Å²) in [6.45, 7) is 12.5. The summed E-state index contributed by atoms with van der Waals surface area (Å²) < 4.78 is 182. The minimum absolute atomic E-state index is 0.000122. The number of halogens is 12. The topological polar surface area (TPSA) is 164 Å². The molecule has 6 atom stereocenters. The van der Waals surface area contributed by atoms with Gasteiger partial charge in [0.25, 0.3) is 0 Å². The third-order valence-corrected chi connectivity index (χ3v) is 13.2. The zero-order valence-corrected chi connectivity index (χ0v) is 46.2. The predicted octanol–water partition coefficient (Wildman–Crippen LogP) is 13.2. The number of nitrogens with one attached hydrogen (secondary N) is 1. The second-order valence-electron chi connectivity index (χ2n) is 21.5. The number of hydrogen-bond acceptors (Lipinski definition) is 10. The SMILES string of the molecule is C#CC(=O)C[C@H]1C[C@@H](N(Cc2cc(C(F)(F)F)cc(C(F)(F)F)c2)C(=O)OC)C[C@@H](CC)N1C(=O)OC(C)(C)C.CC[C@@H]1C[C@H](N(Cc2cc(C(F)(F)F)cc(C(F)(F)F)c2)C(=O)OC)C[C@H](Cc2ccn[nH]2)N1C(=O)OC(C)(C)C. The number of carbonyl (C=O) groups is 5. The standard InChI is InChI=1S/C27H34F6N4O4.C27H32F6N2O5/c1-6-20-13-21(14-22(12-19-7-8-34-35-19)37(20)24(39)41-25(2,3)4)36(23(38)40-5)15-16-9-17(26(28,29)30)11-18(10-16)27(31,32)33;1-7-19-12-20(13-21(14-22(36)8-2)35(19)24(38)40-25(3,4)5)34(23(37)39-6)15-16-9-17(26(28,29)30)11-18(10-16)27(31,32)33/h7-11,20-22H,6,12-15H2,1-5H3,(H,34,35);2,9-11,19-21H,7,12-15H2,1,3-6H3/t20-,21+,22+;19-,20+,21-/m11/s1. The van der Waals surface area contributed by atoms with Crippen LogP contribution < -0.4 is 0 Å². The maximum atomic E-state index is 13.5. The molecule has 0 saturated carbocycles. The molecule has 3 aromatic rings. The van der Waals surface area contributed by atoms with Crippen molar-refractivity contribution in [1.82, 2.24) is 29.8 Å². The Labute approximate surface area is 460 Å². The lowest BCUT2D eigenvalue weighted by Crippen LogP contribution is -2.58. The second-order valence-corrected chi connectivity index (χ2v) is 21.5. The first-order valence-electron chi connectivity index (χ1n) is 25.5. The number of carbonyl (C=O) groups excluding carboxylic acids is 5. The van der Waals surface area contributed by atoms with Crippen LogP contribution in [0.3, 0.4) is 0 Å². The van der Waals surface area contributed by atoms with Gasteiger partial charge in [0.15, 0.2) is 0 Å². The molecular weight excluding hydrogens is 1100 g/mol. The van der Waals surface area contributed by atoms with Gasteiger partial charge >= 0.3 is 49.1 Å². The summed E-state index contributed by atoms with van der Waals surface area (Å²) in [4.78, 5) is 69.5. The van der Waals surface area contributed by atoms with Gasteiger partial charge in [-0.1, -0.05) is 13.8 Å². The molecule has 2 aliphatic rings. The summed E-state index contributed by atoms with van der Waals surface area (Å²) >= 11 is 0. The summed E-state index contributed by atoms with van der Waals surface area (Å²) in [7, 11) is 2.10. The highest BCUT2D eigenvalue weighted by atomic mass is 19.4. The van der Waals surface area contributed by atoms with Crippen molar-refractivity contribution in [3.8, 4) is 12.3 Å². The maximum absolute atomic E-state index is 13.5. The Hall–Kier alpha value is -6.88. The molecule has 0 spiro atoms. The number of likely N-dealkylation sites (tertiary alicyclic amines) is 2. The number of methoxy groups -OCH3 is 2. The fourth-order valence-electron chi connectivity index (χ4n) is 9.78. The quantitative estimate of drug-likeness (QED) is 0.0799. The average molecular weight is 1170 g/mol. The smallest absolute Gasteiger partial charge is 0.416 e. The lowest BCUT2D eigenvalue weighted by Gasteiger charge is -2.47. The van der Waals surface area contributed by atoms with Gasteiger partial charge in [0, 0.05) is 74.1 Å². The Balaban J connectivity index is 0.000000349. The van der Waals surface area contributed by atoms with E-state index in [-0.39, 0.29) is 49.8 Å². The Morgan fingerprint density at radius 3 is 1.23 bits per heavy atom. The van der Waals surface area contributed by atoms with E-state index in [4.69, 9.17) is 25.4 Å². The number of ketones is 1. The first kappa shape index (κ1) is 66.6. The monoisotopic (exact) mass is 1170 g/mol. The van der Waals surface area contributed by atoms with Gasteiger partial charge in [0.1, 0.15) is 11.2 Å². The van der Waals surface area contributed by atoms with E-state index in [1.807, 2.05) is 12.8 Å². The number of hydrogen-bond donors (Lipinski definition) is 1. The molecule has 4 amide bonds. The number of ether oxygens (including phenoxy) is 4. The highest BCUT2D eigenvalue weighted by Crippen LogP contribution is 2.41. The van der Waals surface area contributed by atoms with Crippen LogP contribution in [0.1, 0.15) is 139 Å². The molecule has 0 aliphatic carbocycles. The normalized spacial score (nSPS) is 20.0. The van der Waals surface area contributed by atoms with Gasteiger partial charge in [-0.05, 0) is 140 Å². The fraction of sp³-hybridized carbons (Fsp3) is 0.593. The van der Waals surface area contributed by atoms with Crippen molar-refractivity contribution < 1.29 is 95.6 Å². The average Bonchev–Trinajstić information content (AvgIpc) is 4.01. The fourth-order valence-corrected chi connectivity index (χ4v) is 9.78. The molecule has 27 heteroatoms. The van der Waals surface area contributed by atoms with Gasteiger partial charge in [-0.2, -0.15) is 57.8 Å². The molecule has 2 fully saturated rings. The van der Waals surface area contributed by atoms with Gasteiger partial charge in [-0.25, -0.2) is 19.2 Å². The zero-order chi connectivity index (χ0) is 61.4. The molecule has 5 rings (SSSR count). The minimum Gasteiger partial charge on any atom is -0.453 e. The van der Waals surface area contributed by atoms with E-state index in [1.54, 1.807) is 59.4 Å². The molecule has 3 heterocycles. The molecule has 81 heavy (non-hydrogen) atoms. The van der Waals surface area contributed by atoms with E-state index in [1.165, 1.54) is 11.1 Å². The summed E-state index contributed by atoms with van der Waals surface area (Å²) in [6, 6.07) is 0.0966. The van der Waals surface area contributed by atoms with Crippen LogP contribution in [0, 0.1) is 12.3 Å². The van der Waals surface area contributed by atoms with E-state index in [9.17, 15) is 76.7 Å². The van der Waals surface area contributed by atoms with Gasteiger partial charge in [-0.3, -0.25) is 9.89 Å². The molecule has 2 aliphatic heterocycles. The van der Waals surface area contributed by atoms with E-state index >= 15 is 0 Å². The Morgan fingerprint density at radius 2 is 0.938 bits per heavy atom. The van der Waals surface area contributed by atoms with E-state index in [0.717, 1.165) is 24.0 Å². The molecule has 2 saturated heterocycles. The summed E-state index contributed by atoms with van der Waals surface area (Å²) in [5.74, 6) is 1.34. The van der Waals surface area contributed by atoms with Crippen LogP contribution in [0.25, 0.3) is 0 Å². The van der Waals surface area contributed by atoms with Gasteiger partial charge in [0.2, 0.25) is 5.78 Å². The number of H-pyrrole nitrogens is 1. The van der Waals surface area contributed by atoms with E-state index < -0.39 is 143 Å². The second kappa shape index (κ2) is 26.4. The number of terminal acetylenes is 1. The highest BCUT2D eigenvalue weighted by molar-refractivity contribution is 5.95. The minimum atomic E-state index is -5.07. The third-order valence-electron chi connectivity index (χ3n) is 13.2. The van der Waals surface area contributed by atoms with Crippen LogP contribution in [-0.2, 0) is 68.0 Å². The first-order chi connectivity index (χ1) is 37.2. The lowest BCUT2D eigenvalue weighted by atomic mass is 9.86. The van der Waals surface area contributed by atoms with Crippen molar-refractivity contribution in [3.05, 3.63) is 87.7 Å². The largest absolute Gasteiger partial charge is 0.453 e. The van der Waals surface area contributed by atoms with Crippen LogP contribution in [0.5, 0.6) is 0 Å². The third kappa shape index (κ3) is 18.8. The summed E-state index contributed by atoms with van der Waals surface area (Å²) in [5.41, 5.74) is -7.75. The summed E-state index contributed by atoms with van der Waals surface area (Å²) in [5, 5.41) is 6.77. The number of piperidine rings is 2. The van der Waals surface area contributed by atoms with Crippen molar-refractivity contribution in [2.75, 3.05) is 14.2 Å². The molecule has 450 valence electrons. The Bertz CT molecular complexity index is 2630. The molecule has 15 nitrogen and oxygen atoms in total. The number of aromatic amines is 1. The van der Waals surface area contributed by atoms with Crippen molar-refractivity contribution >= 4 is 30.2 Å². The number of alkyl halides is 12. The van der Waals surface area contributed by atoms with Crippen molar-refractivity contribution in [3.63, 3.8) is 0 Å². The predicted molar refractivity (Wildman–Crippen MR) is 267 cm³/mol. The molecule has 1 aromatic heterocycles. The molecule has 0 bridgehead atoms. The van der Waals surface area contributed by atoms with Crippen LogP contribution in [0.2, 0.25) is 0 Å². The Kier molecular flexibility index (Phi) is 21.7. The van der Waals surface area contributed by atoms with Crippen LogP contribution in [0.15, 0.2) is 48.7 Å². The molecule has 0 unspecified atom stereocenters. The van der Waals surface area contributed by atoms with Crippen LogP contribution in [-0.4, -0.2) is 122 Å². The molecular formula is C54H66F12N6O9. The maximum Gasteiger partial charge on any atom is 0.416 e. The molecule has 0 radical (unpaired) electrons. The van der Waals surface area contributed by atoms with E-state index in [2.05, 4.69) is 10.2 Å². The van der Waals surface area contributed by atoms with Gasteiger partial charge in [-0.15, -0.1) is 6.42 Å². The van der Waals surface area contributed by atoms with Crippen molar-refractivity contribution in [2.45, 2.75) is 192 Å². The summed E-state index contributed by atoms with van der Waals surface area (Å²) in [6.07, 6.45) is -15.4. The number of Topliss-reactive ketones (excluding diaryl/α,β-unsaturated/α-hetero) is 1. The van der Waals surface area contributed by atoms with Gasteiger partial charge in [0.05, 0.1) is 36.5 Å². The lowest BCUT2D eigenvalue weighted by molar-refractivity contribution is -0.144. The molecule has 1 N–H and O–H groups in total. The number of aromatic nitrogens is 2. The van der Waals surface area contributed by atoms with Crippen molar-refractivity contribution in [2.24, 2.45) is 0 Å². The molecule has 2 aromatic carbocycles. The zero-order valence-electron chi connectivity index (χ0n) is 46.2. The van der Waals surface area contributed by atoms with Crippen LogP contribution in [0.4, 0.5) is 71.9 Å². The number of nitrogens with zero attached hydrogens (tertiary/aromatic N) is 5. The number of rotatable bonds is 12. The van der Waals surface area contributed by atoms with E-state index in [0.29, 0.717) is 49.2 Å². The van der Waals surface area contributed by atoms with Gasteiger partial charge < -0.3 is 38.5 Å². The Morgan fingerprint density at radius 1 is 0.593 bits per heavy atom. The number of benzene rings is 2. The van der Waals surface area contributed by atoms with Crippen molar-refractivity contribution in [1.29, 1.82) is 0 Å². The van der Waals surface area contributed by atoms with Crippen LogP contribution >= 0.6 is 0 Å². The highest BCUT2D eigenvalue weighted by Gasteiger charge is 2.46.